The third-order valence-electron chi connectivity index (χ3n) is 3.01. The average Bonchev–Trinajstić information content (AvgIpc) is 2.87. The van der Waals surface area contributed by atoms with Crippen LogP contribution in [0, 0.1) is 0 Å². The molecule has 0 atom stereocenters. The van der Waals surface area contributed by atoms with Crippen molar-refractivity contribution in [2.45, 2.75) is 6.92 Å². The maximum absolute atomic E-state index is 12.2. The van der Waals surface area contributed by atoms with Crippen LogP contribution in [0.25, 0.3) is 0 Å². The molecule has 24 heavy (non-hydrogen) atoms. The molecule has 1 aromatic carbocycles. The van der Waals surface area contributed by atoms with Crippen molar-refractivity contribution in [3.63, 3.8) is 0 Å². The fourth-order valence-corrected chi connectivity index (χ4v) is 3.89. The second kappa shape index (κ2) is 7.60. The normalized spacial score (nSPS) is 11.2. The van der Waals surface area contributed by atoms with Gasteiger partial charge in [-0.3, -0.25) is 9.52 Å². The topological polar surface area (TPSA) is 84.5 Å². The molecule has 0 radical (unpaired) electrons. The Bertz CT molecular complexity index is 866. The van der Waals surface area contributed by atoms with Crippen molar-refractivity contribution in [1.29, 1.82) is 0 Å². The highest BCUT2D eigenvalue weighted by Gasteiger charge is 2.16. The van der Waals surface area contributed by atoms with Crippen LogP contribution in [-0.4, -0.2) is 27.2 Å². The van der Waals surface area contributed by atoms with E-state index in [1.54, 1.807) is 6.07 Å². The third kappa shape index (κ3) is 4.54. The predicted molar refractivity (Wildman–Crippen MR) is 98.4 cm³/mol. The van der Waals surface area contributed by atoms with Crippen LogP contribution in [0.1, 0.15) is 17.3 Å². The lowest BCUT2D eigenvalue weighted by atomic mass is 10.2. The van der Waals surface area contributed by atoms with Gasteiger partial charge < -0.3 is 10.1 Å². The van der Waals surface area contributed by atoms with Crippen LogP contribution >= 0.6 is 34.5 Å². The van der Waals surface area contributed by atoms with Crippen LogP contribution in [0.2, 0.25) is 8.67 Å². The Hall–Kier alpha value is -1.48. The first kappa shape index (κ1) is 18.9. The molecule has 0 spiro atoms. The Morgan fingerprint density at radius 2 is 2.00 bits per heavy atom. The van der Waals surface area contributed by atoms with E-state index in [2.05, 4.69) is 10.0 Å². The van der Waals surface area contributed by atoms with Gasteiger partial charge in [0.25, 0.3) is 5.91 Å². The number of sulfonamides is 1. The summed E-state index contributed by atoms with van der Waals surface area (Å²) in [5.41, 5.74) is 0.977. The molecule has 0 unspecified atom stereocenters. The number of nitrogens with one attached hydrogen (secondary N) is 2. The summed E-state index contributed by atoms with van der Waals surface area (Å²) in [6.45, 7) is 1.53. The van der Waals surface area contributed by atoms with Crippen LogP contribution in [-0.2, 0) is 10.0 Å². The lowest BCUT2D eigenvalue weighted by molar-refractivity contribution is 0.102. The number of hydrogen-bond acceptors (Lipinski definition) is 5. The number of amides is 1. The van der Waals surface area contributed by atoms with Crippen LogP contribution < -0.4 is 14.8 Å². The van der Waals surface area contributed by atoms with Gasteiger partial charge in [-0.25, -0.2) is 8.42 Å². The number of thiophene rings is 1. The summed E-state index contributed by atoms with van der Waals surface area (Å²) in [7, 11) is -2.03. The maximum atomic E-state index is 12.2. The van der Waals surface area contributed by atoms with E-state index in [4.69, 9.17) is 27.9 Å². The third-order valence-corrected chi connectivity index (χ3v) is 5.78. The van der Waals surface area contributed by atoms with E-state index in [1.165, 1.54) is 32.2 Å². The molecule has 2 N–H and O–H groups in total. The number of halogens is 2. The SMILES string of the molecule is CCS(=O)(=O)Nc1ccc(NC(=O)c2cc(Cl)sc2Cl)cc1OC. The molecule has 1 aromatic heterocycles. The summed E-state index contributed by atoms with van der Waals surface area (Å²) in [5, 5.41) is 2.66. The van der Waals surface area contributed by atoms with Gasteiger partial charge in [-0.1, -0.05) is 23.2 Å². The maximum Gasteiger partial charge on any atom is 0.258 e. The van der Waals surface area contributed by atoms with E-state index in [9.17, 15) is 13.2 Å². The molecule has 0 bridgehead atoms. The first-order valence-electron chi connectivity index (χ1n) is 6.70. The highest BCUT2D eigenvalue weighted by molar-refractivity contribution is 7.92. The van der Waals surface area contributed by atoms with Crippen molar-refractivity contribution in [1.82, 2.24) is 0 Å². The second-order valence-electron chi connectivity index (χ2n) is 4.61. The molecule has 6 nitrogen and oxygen atoms in total. The van der Waals surface area contributed by atoms with E-state index >= 15 is 0 Å². The van der Waals surface area contributed by atoms with Gasteiger partial charge in [0.15, 0.2) is 0 Å². The predicted octanol–water partition coefficient (Wildman–Crippen LogP) is 4.08. The Labute approximate surface area is 153 Å². The van der Waals surface area contributed by atoms with Crippen LogP contribution in [0.4, 0.5) is 11.4 Å². The Morgan fingerprint density at radius 1 is 1.29 bits per heavy atom. The van der Waals surface area contributed by atoms with E-state index in [0.717, 1.165) is 11.3 Å². The molecule has 0 aliphatic carbocycles. The Kier molecular flexibility index (Phi) is 5.97. The number of anilines is 2. The molecule has 0 fully saturated rings. The molecular weight excluding hydrogens is 395 g/mol. The van der Waals surface area contributed by atoms with Crippen molar-refractivity contribution < 1.29 is 17.9 Å². The lowest BCUT2D eigenvalue weighted by Crippen LogP contribution is -2.15. The summed E-state index contributed by atoms with van der Waals surface area (Å²) < 4.78 is 31.6. The molecule has 10 heteroatoms. The molecule has 2 rings (SSSR count). The molecule has 2 aromatic rings. The van der Waals surface area contributed by atoms with Gasteiger partial charge in [0.05, 0.1) is 28.4 Å². The lowest BCUT2D eigenvalue weighted by Gasteiger charge is -2.13. The summed E-state index contributed by atoms with van der Waals surface area (Å²) in [6.07, 6.45) is 0. The molecule has 130 valence electrons. The molecular formula is C14H14Cl2N2O4S2. The van der Waals surface area contributed by atoms with E-state index in [1.807, 2.05) is 0 Å². The van der Waals surface area contributed by atoms with Gasteiger partial charge in [0, 0.05) is 11.8 Å². The number of carbonyl (C=O) groups is 1. The summed E-state index contributed by atoms with van der Waals surface area (Å²) >= 11 is 12.9. The van der Waals surface area contributed by atoms with Crippen LogP contribution in [0.15, 0.2) is 24.3 Å². The monoisotopic (exact) mass is 408 g/mol. The number of carbonyl (C=O) groups excluding carboxylic acids is 1. The highest BCUT2D eigenvalue weighted by Crippen LogP contribution is 2.33. The highest BCUT2D eigenvalue weighted by atomic mass is 35.5. The number of ether oxygens (including phenoxy) is 1. The van der Waals surface area contributed by atoms with Gasteiger partial charge in [0.2, 0.25) is 10.0 Å². The summed E-state index contributed by atoms with van der Waals surface area (Å²) in [4.78, 5) is 12.2. The molecule has 0 saturated heterocycles. The minimum Gasteiger partial charge on any atom is -0.494 e. The molecule has 1 heterocycles. The molecule has 0 aliphatic heterocycles. The van der Waals surface area contributed by atoms with Crippen LogP contribution in [0.5, 0.6) is 5.75 Å². The van der Waals surface area contributed by atoms with Crippen molar-refractivity contribution in [3.05, 3.63) is 38.5 Å². The average molecular weight is 409 g/mol. The zero-order chi connectivity index (χ0) is 17.9. The number of rotatable bonds is 6. The van der Waals surface area contributed by atoms with Gasteiger partial charge in [-0.15, -0.1) is 11.3 Å². The minimum absolute atomic E-state index is 0.0634. The second-order valence-corrected chi connectivity index (χ2v) is 8.91. The standard InChI is InChI=1S/C14H14Cl2N2O4S2/c1-3-24(20,21)18-10-5-4-8(6-11(10)22-2)17-14(19)9-7-12(15)23-13(9)16/h4-7,18H,3H2,1-2H3,(H,17,19). The van der Waals surface area contributed by atoms with Crippen molar-refractivity contribution >= 4 is 61.8 Å². The van der Waals surface area contributed by atoms with Crippen molar-refractivity contribution in [2.24, 2.45) is 0 Å². The smallest absolute Gasteiger partial charge is 0.258 e. The van der Waals surface area contributed by atoms with Gasteiger partial charge >= 0.3 is 0 Å². The largest absolute Gasteiger partial charge is 0.494 e. The van der Waals surface area contributed by atoms with Crippen LogP contribution in [0.3, 0.4) is 0 Å². The fourth-order valence-electron chi connectivity index (χ4n) is 1.79. The number of methoxy groups -OCH3 is 1. The molecule has 1 amide bonds. The summed E-state index contributed by atoms with van der Waals surface area (Å²) in [6, 6.07) is 6.04. The van der Waals surface area contributed by atoms with Gasteiger partial charge in [-0.05, 0) is 25.1 Å². The first-order chi connectivity index (χ1) is 11.3. The Morgan fingerprint density at radius 3 is 2.54 bits per heavy atom. The first-order valence-corrected chi connectivity index (χ1v) is 9.93. The van der Waals surface area contributed by atoms with Crippen molar-refractivity contribution in [2.75, 3.05) is 22.9 Å². The Balaban J connectivity index is 2.23. The van der Waals surface area contributed by atoms with E-state index in [0.29, 0.717) is 10.0 Å². The van der Waals surface area contributed by atoms with Gasteiger partial charge in [-0.2, -0.15) is 0 Å². The molecule has 0 aliphatic rings. The van der Waals surface area contributed by atoms with Crippen molar-refractivity contribution in [3.8, 4) is 5.75 Å². The van der Waals surface area contributed by atoms with Gasteiger partial charge in [0.1, 0.15) is 10.1 Å². The number of benzene rings is 1. The number of hydrogen-bond donors (Lipinski definition) is 2. The molecule has 0 saturated carbocycles. The fraction of sp³-hybridized carbons (Fsp3) is 0.214. The minimum atomic E-state index is -3.43. The zero-order valence-corrected chi connectivity index (χ0v) is 15.9. The zero-order valence-electron chi connectivity index (χ0n) is 12.7. The quantitative estimate of drug-likeness (QED) is 0.753. The van der Waals surface area contributed by atoms with E-state index in [-0.39, 0.29) is 27.1 Å². The van der Waals surface area contributed by atoms with E-state index < -0.39 is 15.9 Å². The summed E-state index contributed by atoms with van der Waals surface area (Å²) in [5.74, 6) is -0.210.